The Morgan fingerprint density at radius 2 is 2.00 bits per heavy atom. The number of nitrogens with zero attached hydrogens (tertiary/aromatic N) is 5. The standard InChI is InChI=1S/C29H37N7O2/c1-18(2)6-5-11-31-24-8-7-23(21-14-22(38-4)16-30-15-21)34-26(24)20-9-12-36(13-10-20)28-25-19(3)29(37)35-27(25)32-17-33-28/h7-8,14-20,31H,5-6,9-13H2,1-4H3,(H,32,33,35,37). The Hall–Kier alpha value is -3.75. The topological polar surface area (TPSA) is 105 Å². The van der Waals surface area contributed by atoms with Crippen molar-refractivity contribution in [3.8, 4) is 17.0 Å². The van der Waals surface area contributed by atoms with Crippen LogP contribution < -0.4 is 20.3 Å². The number of pyridine rings is 2. The quantitative estimate of drug-likeness (QED) is 0.373. The molecular weight excluding hydrogens is 478 g/mol. The molecule has 1 saturated heterocycles. The molecule has 9 heteroatoms. The van der Waals surface area contributed by atoms with Crippen molar-refractivity contribution in [1.29, 1.82) is 0 Å². The van der Waals surface area contributed by atoms with Crippen LogP contribution in [0.15, 0.2) is 36.9 Å². The van der Waals surface area contributed by atoms with Gasteiger partial charge in [-0.15, -0.1) is 0 Å². The second-order valence-corrected chi connectivity index (χ2v) is 10.6. The molecule has 0 aliphatic carbocycles. The Morgan fingerprint density at radius 3 is 2.76 bits per heavy atom. The molecule has 1 fully saturated rings. The predicted molar refractivity (Wildman–Crippen MR) is 150 cm³/mol. The van der Waals surface area contributed by atoms with Gasteiger partial charge in [-0.25, -0.2) is 9.97 Å². The summed E-state index contributed by atoms with van der Waals surface area (Å²) in [5.74, 6) is 2.98. The summed E-state index contributed by atoms with van der Waals surface area (Å²) in [6, 6.07) is 6.20. The van der Waals surface area contributed by atoms with Gasteiger partial charge in [-0.3, -0.25) is 14.8 Å². The van der Waals surface area contributed by atoms with Gasteiger partial charge < -0.3 is 20.3 Å². The van der Waals surface area contributed by atoms with Crippen LogP contribution in [-0.4, -0.2) is 52.6 Å². The zero-order chi connectivity index (χ0) is 26.6. The van der Waals surface area contributed by atoms with Crippen molar-refractivity contribution < 1.29 is 9.53 Å². The van der Waals surface area contributed by atoms with E-state index in [2.05, 4.69) is 56.5 Å². The summed E-state index contributed by atoms with van der Waals surface area (Å²) in [4.78, 5) is 32.9. The molecule has 200 valence electrons. The fourth-order valence-corrected chi connectivity index (χ4v) is 5.36. The number of methoxy groups -OCH3 is 1. The zero-order valence-electron chi connectivity index (χ0n) is 22.7. The van der Waals surface area contributed by atoms with Crippen LogP contribution in [-0.2, 0) is 4.79 Å². The lowest BCUT2D eigenvalue weighted by molar-refractivity contribution is -0.116. The number of fused-ring (bicyclic) bond motifs is 1. The third kappa shape index (κ3) is 5.42. The molecule has 38 heavy (non-hydrogen) atoms. The van der Waals surface area contributed by atoms with E-state index < -0.39 is 0 Å². The summed E-state index contributed by atoms with van der Waals surface area (Å²) >= 11 is 0. The summed E-state index contributed by atoms with van der Waals surface area (Å²) in [5.41, 5.74) is 4.96. The lowest BCUT2D eigenvalue weighted by atomic mass is 9.91. The number of nitrogens with one attached hydrogen (secondary N) is 2. The number of carbonyl (C=O) groups excluding carboxylic acids is 1. The molecule has 1 amide bonds. The molecule has 9 nitrogen and oxygen atoms in total. The third-order valence-corrected chi connectivity index (χ3v) is 7.56. The van der Waals surface area contributed by atoms with E-state index in [0.717, 1.165) is 78.7 Å². The number of piperidine rings is 1. The molecule has 1 atom stereocenters. The first kappa shape index (κ1) is 25.9. The maximum absolute atomic E-state index is 12.3. The minimum atomic E-state index is -0.240. The molecule has 2 N–H and O–H groups in total. The van der Waals surface area contributed by atoms with Crippen LogP contribution in [0.4, 0.5) is 17.3 Å². The van der Waals surface area contributed by atoms with Gasteiger partial charge in [0.2, 0.25) is 5.91 Å². The van der Waals surface area contributed by atoms with Crippen molar-refractivity contribution >= 4 is 23.2 Å². The molecule has 0 saturated carbocycles. The molecule has 5 rings (SSSR count). The number of carbonyl (C=O) groups is 1. The van der Waals surface area contributed by atoms with Crippen molar-refractivity contribution in [1.82, 2.24) is 19.9 Å². The number of aromatic nitrogens is 4. The number of hydrogen-bond acceptors (Lipinski definition) is 8. The van der Waals surface area contributed by atoms with Crippen molar-refractivity contribution in [2.75, 3.05) is 42.3 Å². The van der Waals surface area contributed by atoms with Crippen LogP contribution in [0.2, 0.25) is 0 Å². The normalized spacial score (nSPS) is 17.4. The van der Waals surface area contributed by atoms with Crippen LogP contribution >= 0.6 is 0 Å². The smallest absolute Gasteiger partial charge is 0.233 e. The van der Waals surface area contributed by atoms with Gasteiger partial charge in [0.25, 0.3) is 0 Å². The molecule has 2 aliphatic rings. The second kappa shape index (κ2) is 11.3. The number of ether oxygens (including phenoxy) is 1. The van der Waals surface area contributed by atoms with Crippen LogP contribution in [0, 0.1) is 5.92 Å². The van der Waals surface area contributed by atoms with E-state index in [4.69, 9.17) is 9.72 Å². The number of amides is 1. The van der Waals surface area contributed by atoms with Gasteiger partial charge in [0.1, 0.15) is 23.7 Å². The van der Waals surface area contributed by atoms with E-state index in [9.17, 15) is 4.79 Å². The first-order valence-electron chi connectivity index (χ1n) is 13.6. The van der Waals surface area contributed by atoms with Gasteiger partial charge in [0.05, 0.1) is 36.3 Å². The van der Waals surface area contributed by atoms with Crippen molar-refractivity contribution in [3.05, 3.63) is 48.2 Å². The highest BCUT2D eigenvalue weighted by Crippen LogP contribution is 2.40. The van der Waals surface area contributed by atoms with Gasteiger partial charge in [-0.2, -0.15) is 0 Å². The first-order chi connectivity index (χ1) is 18.4. The van der Waals surface area contributed by atoms with E-state index in [1.807, 2.05) is 19.2 Å². The average Bonchev–Trinajstić information content (AvgIpc) is 3.24. The highest BCUT2D eigenvalue weighted by molar-refractivity contribution is 6.03. The van der Waals surface area contributed by atoms with E-state index in [-0.39, 0.29) is 11.8 Å². The fourth-order valence-electron chi connectivity index (χ4n) is 5.36. The predicted octanol–water partition coefficient (Wildman–Crippen LogP) is 5.23. The molecule has 5 heterocycles. The molecule has 0 bridgehead atoms. The molecule has 0 radical (unpaired) electrons. The number of rotatable bonds is 9. The van der Waals surface area contributed by atoms with E-state index in [1.165, 1.54) is 6.42 Å². The van der Waals surface area contributed by atoms with Crippen molar-refractivity contribution in [2.45, 2.75) is 58.3 Å². The van der Waals surface area contributed by atoms with Crippen LogP contribution in [0.1, 0.15) is 69.5 Å². The summed E-state index contributed by atoms with van der Waals surface area (Å²) < 4.78 is 5.39. The summed E-state index contributed by atoms with van der Waals surface area (Å²) in [6.07, 6.45) is 9.30. The van der Waals surface area contributed by atoms with E-state index in [1.54, 1.807) is 19.6 Å². The van der Waals surface area contributed by atoms with Gasteiger partial charge in [-0.1, -0.05) is 13.8 Å². The van der Waals surface area contributed by atoms with Crippen LogP contribution in [0.3, 0.4) is 0 Å². The van der Waals surface area contributed by atoms with Gasteiger partial charge >= 0.3 is 0 Å². The highest BCUT2D eigenvalue weighted by Gasteiger charge is 2.34. The van der Waals surface area contributed by atoms with Gasteiger partial charge in [0.15, 0.2) is 0 Å². The minimum absolute atomic E-state index is 0.0159. The molecule has 0 aromatic carbocycles. The Bertz CT molecular complexity index is 1290. The number of hydrogen-bond donors (Lipinski definition) is 2. The molecule has 3 aromatic rings. The average molecular weight is 516 g/mol. The lowest BCUT2D eigenvalue weighted by Crippen LogP contribution is -2.34. The second-order valence-electron chi connectivity index (χ2n) is 10.6. The Morgan fingerprint density at radius 1 is 1.18 bits per heavy atom. The summed E-state index contributed by atoms with van der Waals surface area (Å²) in [7, 11) is 1.65. The van der Waals surface area contributed by atoms with Crippen molar-refractivity contribution in [3.63, 3.8) is 0 Å². The minimum Gasteiger partial charge on any atom is -0.495 e. The van der Waals surface area contributed by atoms with Gasteiger partial charge in [-0.05, 0) is 56.7 Å². The maximum Gasteiger partial charge on any atom is 0.233 e. The highest BCUT2D eigenvalue weighted by atomic mass is 16.5. The zero-order valence-corrected chi connectivity index (χ0v) is 22.7. The van der Waals surface area contributed by atoms with E-state index >= 15 is 0 Å². The number of anilines is 3. The van der Waals surface area contributed by atoms with Gasteiger partial charge in [0, 0.05) is 42.9 Å². The largest absolute Gasteiger partial charge is 0.495 e. The third-order valence-electron chi connectivity index (χ3n) is 7.56. The fraction of sp³-hybridized carbons (Fsp3) is 0.483. The first-order valence-corrected chi connectivity index (χ1v) is 13.6. The molecule has 1 unspecified atom stereocenters. The summed E-state index contributed by atoms with van der Waals surface area (Å²) in [5, 5.41) is 6.55. The molecule has 0 spiro atoms. The molecule has 2 aliphatic heterocycles. The SMILES string of the molecule is COc1cncc(-c2ccc(NCCCC(C)C)c(C3CCN(c4ncnc5c4C(C)C(=O)N5)CC3)n2)c1. The molecule has 3 aromatic heterocycles. The summed E-state index contributed by atoms with van der Waals surface area (Å²) in [6.45, 7) is 9.05. The molecular formula is C29H37N7O2. The lowest BCUT2D eigenvalue weighted by Gasteiger charge is -2.34. The Labute approximate surface area is 224 Å². The Kier molecular flexibility index (Phi) is 7.72. The Balaban J connectivity index is 1.37. The monoisotopic (exact) mass is 515 g/mol. The van der Waals surface area contributed by atoms with Crippen LogP contribution in [0.5, 0.6) is 5.75 Å². The van der Waals surface area contributed by atoms with Crippen molar-refractivity contribution in [2.24, 2.45) is 5.92 Å². The van der Waals surface area contributed by atoms with E-state index in [0.29, 0.717) is 17.7 Å². The maximum atomic E-state index is 12.3. The van der Waals surface area contributed by atoms with Crippen LogP contribution in [0.25, 0.3) is 11.3 Å².